The minimum Gasteiger partial charge on any atom is -0.273 e. The van der Waals surface area contributed by atoms with Crippen molar-refractivity contribution in [2.75, 3.05) is 0 Å². The predicted octanol–water partition coefficient (Wildman–Crippen LogP) is 3.04. The Balaban J connectivity index is 2.30. The van der Waals surface area contributed by atoms with E-state index in [0.29, 0.717) is 10.8 Å². The Bertz CT molecular complexity index is 349. The first-order chi connectivity index (χ1) is 7.22. The van der Waals surface area contributed by atoms with Gasteiger partial charge in [-0.3, -0.25) is 4.79 Å². The molecule has 0 unspecified atom stereocenters. The normalized spacial score (nSPS) is 10.8. The molecular formula is C10H13ClN2OS. The summed E-state index contributed by atoms with van der Waals surface area (Å²) in [4.78, 5) is 12.1. The number of carbonyl (C=O) groups is 1. The van der Waals surface area contributed by atoms with Gasteiger partial charge in [0.2, 0.25) is 5.91 Å². The van der Waals surface area contributed by atoms with Crippen LogP contribution >= 0.6 is 22.9 Å². The lowest BCUT2D eigenvalue weighted by atomic mass is 10.2. The largest absolute Gasteiger partial charge is 0.273 e. The lowest BCUT2D eigenvalue weighted by Gasteiger charge is -1.96. The molecule has 82 valence electrons. The van der Waals surface area contributed by atoms with Gasteiger partial charge in [0.05, 0.1) is 10.6 Å². The fraction of sp³-hybridized carbons (Fsp3) is 0.400. The standard InChI is InChI=1S/C10H13ClN2OS/c1-2-3-4-10(14)13-12-7-8-5-6-9(11)15-8/h5-7H,2-4H2,1H3,(H,13,14)/b12-7+. The van der Waals surface area contributed by atoms with Crippen LogP contribution in [0.25, 0.3) is 0 Å². The van der Waals surface area contributed by atoms with Crippen molar-refractivity contribution in [1.29, 1.82) is 0 Å². The first-order valence-corrected chi connectivity index (χ1v) is 5.99. The lowest BCUT2D eigenvalue weighted by molar-refractivity contribution is -0.121. The van der Waals surface area contributed by atoms with E-state index in [-0.39, 0.29) is 5.91 Å². The Labute approximate surface area is 98.1 Å². The topological polar surface area (TPSA) is 41.5 Å². The fourth-order valence-corrected chi connectivity index (χ4v) is 1.89. The zero-order chi connectivity index (χ0) is 11.1. The van der Waals surface area contributed by atoms with E-state index in [2.05, 4.69) is 10.5 Å². The molecule has 1 heterocycles. The first kappa shape index (κ1) is 12.2. The number of amides is 1. The van der Waals surface area contributed by atoms with Gasteiger partial charge in [0.25, 0.3) is 0 Å². The highest BCUT2D eigenvalue weighted by molar-refractivity contribution is 7.17. The molecule has 15 heavy (non-hydrogen) atoms. The molecule has 1 rings (SSSR count). The molecule has 0 saturated carbocycles. The molecule has 1 N–H and O–H groups in total. The maximum absolute atomic E-state index is 11.1. The van der Waals surface area contributed by atoms with E-state index in [4.69, 9.17) is 11.6 Å². The van der Waals surface area contributed by atoms with Gasteiger partial charge in [-0.1, -0.05) is 24.9 Å². The fourth-order valence-electron chi connectivity index (χ4n) is 0.959. The maximum atomic E-state index is 11.1. The molecule has 0 aliphatic carbocycles. The SMILES string of the molecule is CCCCC(=O)N/N=C/c1ccc(Cl)s1. The predicted molar refractivity (Wildman–Crippen MR) is 64.6 cm³/mol. The number of thiophene rings is 1. The molecule has 0 saturated heterocycles. The minimum absolute atomic E-state index is 0.0456. The summed E-state index contributed by atoms with van der Waals surface area (Å²) in [5, 5.41) is 3.84. The molecule has 5 heteroatoms. The molecule has 1 aromatic rings. The summed E-state index contributed by atoms with van der Waals surface area (Å²) in [7, 11) is 0. The van der Waals surface area contributed by atoms with E-state index in [9.17, 15) is 4.79 Å². The van der Waals surface area contributed by atoms with Crippen molar-refractivity contribution in [1.82, 2.24) is 5.43 Å². The van der Waals surface area contributed by atoms with Crippen molar-refractivity contribution in [2.45, 2.75) is 26.2 Å². The third kappa shape index (κ3) is 4.95. The van der Waals surface area contributed by atoms with Crippen LogP contribution in [0, 0.1) is 0 Å². The molecule has 0 fully saturated rings. The summed E-state index contributed by atoms with van der Waals surface area (Å²) in [5.74, 6) is -0.0456. The third-order valence-electron chi connectivity index (χ3n) is 1.73. The number of hydrogen-bond donors (Lipinski definition) is 1. The van der Waals surface area contributed by atoms with E-state index in [1.165, 1.54) is 11.3 Å². The molecule has 0 aliphatic heterocycles. The lowest BCUT2D eigenvalue weighted by Crippen LogP contribution is -2.16. The van der Waals surface area contributed by atoms with Crippen LogP contribution in [0.3, 0.4) is 0 Å². The maximum Gasteiger partial charge on any atom is 0.240 e. The molecular weight excluding hydrogens is 232 g/mol. The highest BCUT2D eigenvalue weighted by atomic mass is 35.5. The van der Waals surface area contributed by atoms with Gasteiger partial charge < -0.3 is 0 Å². The Hall–Kier alpha value is -0.870. The molecule has 3 nitrogen and oxygen atoms in total. The highest BCUT2D eigenvalue weighted by Gasteiger charge is 1.97. The number of rotatable bonds is 5. The number of carbonyl (C=O) groups excluding carboxylic acids is 1. The van der Waals surface area contributed by atoms with Gasteiger partial charge >= 0.3 is 0 Å². The van der Waals surface area contributed by atoms with Crippen LogP contribution in [0.1, 0.15) is 31.1 Å². The van der Waals surface area contributed by atoms with Gasteiger partial charge in [-0.05, 0) is 18.6 Å². The van der Waals surface area contributed by atoms with Crippen LogP contribution in [0.4, 0.5) is 0 Å². The third-order valence-corrected chi connectivity index (χ3v) is 2.90. The number of unbranched alkanes of at least 4 members (excludes halogenated alkanes) is 1. The zero-order valence-electron chi connectivity index (χ0n) is 8.50. The Morgan fingerprint density at radius 1 is 1.67 bits per heavy atom. The monoisotopic (exact) mass is 244 g/mol. The van der Waals surface area contributed by atoms with Crippen molar-refractivity contribution in [3.8, 4) is 0 Å². The van der Waals surface area contributed by atoms with E-state index in [1.807, 2.05) is 13.0 Å². The van der Waals surface area contributed by atoms with Gasteiger partial charge in [0.15, 0.2) is 0 Å². The van der Waals surface area contributed by atoms with Gasteiger partial charge in [0, 0.05) is 11.3 Å². The van der Waals surface area contributed by atoms with Crippen molar-refractivity contribution in [3.05, 3.63) is 21.3 Å². The number of hydrogen-bond acceptors (Lipinski definition) is 3. The van der Waals surface area contributed by atoms with Crippen molar-refractivity contribution in [3.63, 3.8) is 0 Å². The van der Waals surface area contributed by atoms with Gasteiger partial charge in [-0.25, -0.2) is 5.43 Å². The molecule has 0 aromatic carbocycles. The first-order valence-electron chi connectivity index (χ1n) is 4.79. The van der Waals surface area contributed by atoms with E-state index < -0.39 is 0 Å². The number of nitrogens with zero attached hydrogens (tertiary/aromatic N) is 1. The Kier molecular flexibility index (Phi) is 5.36. The second-order valence-corrected chi connectivity index (χ2v) is 4.79. The van der Waals surface area contributed by atoms with Crippen LogP contribution in [-0.4, -0.2) is 12.1 Å². The number of nitrogens with one attached hydrogen (secondary N) is 1. The Morgan fingerprint density at radius 3 is 3.07 bits per heavy atom. The summed E-state index contributed by atoms with van der Waals surface area (Å²) in [6.07, 6.45) is 4.03. The molecule has 0 bridgehead atoms. The summed E-state index contributed by atoms with van der Waals surface area (Å²) in [5.41, 5.74) is 2.47. The van der Waals surface area contributed by atoms with Crippen molar-refractivity contribution in [2.24, 2.45) is 5.10 Å². The second kappa shape index (κ2) is 6.58. The van der Waals surface area contributed by atoms with E-state index >= 15 is 0 Å². The van der Waals surface area contributed by atoms with Crippen LogP contribution in [0.15, 0.2) is 17.2 Å². The summed E-state index contributed by atoms with van der Waals surface area (Å²) in [6, 6.07) is 3.65. The van der Waals surface area contributed by atoms with E-state index in [0.717, 1.165) is 17.7 Å². The average molecular weight is 245 g/mol. The number of halogens is 1. The van der Waals surface area contributed by atoms with Gasteiger partial charge in [-0.2, -0.15) is 5.10 Å². The summed E-state index contributed by atoms with van der Waals surface area (Å²) in [6.45, 7) is 2.05. The molecule has 0 radical (unpaired) electrons. The highest BCUT2D eigenvalue weighted by Crippen LogP contribution is 2.19. The van der Waals surface area contributed by atoms with Gasteiger partial charge in [0.1, 0.15) is 0 Å². The second-order valence-electron chi connectivity index (χ2n) is 3.04. The molecule has 0 spiro atoms. The van der Waals surface area contributed by atoms with Crippen molar-refractivity contribution >= 4 is 35.1 Å². The van der Waals surface area contributed by atoms with Crippen LogP contribution in [0.5, 0.6) is 0 Å². The molecule has 0 aliphatic rings. The quantitative estimate of drug-likeness (QED) is 0.628. The summed E-state index contributed by atoms with van der Waals surface area (Å²) < 4.78 is 0.716. The molecule has 0 atom stereocenters. The average Bonchev–Trinajstić information content (AvgIpc) is 2.61. The van der Waals surface area contributed by atoms with Crippen molar-refractivity contribution < 1.29 is 4.79 Å². The molecule has 1 amide bonds. The smallest absolute Gasteiger partial charge is 0.240 e. The number of hydrazone groups is 1. The van der Waals surface area contributed by atoms with Gasteiger partial charge in [-0.15, -0.1) is 11.3 Å². The zero-order valence-corrected chi connectivity index (χ0v) is 10.1. The minimum atomic E-state index is -0.0456. The Morgan fingerprint density at radius 2 is 2.47 bits per heavy atom. The summed E-state index contributed by atoms with van der Waals surface area (Å²) >= 11 is 7.16. The van der Waals surface area contributed by atoms with E-state index in [1.54, 1.807) is 12.3 Å². The molecule has 1 aromatic heterocycles. The van der Waals surface area contributed by atoms with Crippen LogP contribution in [0.2, 0.25) is 4.34 Å². The van der Waals surface area contributed by atoms with Crippen LogP contribution in [-0.2, 0) is 4.79 Å². The van der Waals surface area contributed by atoms with Crippen LogP contribution < -0.4 is 5.43 Å².